The Morgan fingerprint density at radius 2 is 1.65 bits per heavy atom. The molecule has 2 rings (SSSR count). The van der Waals surface area contributed by atoms with Crippen molar-refractivity contribution in [3.63, 3.8) is 0 Å². The molecular formula is C15H13Br2Cl2NO2S. The Morgan fingerprint density at radius 1 is 1.09 bits per heavy atom. The maximum Gasteiger partial charge on any atom is 0.241 e. The zero-order chi connectivity index (χ0) is 17.3. The highest BCUT2D eigenvalue weighted by molar-refractivity contribution is 9.26. The second kappa shape index (κ2) is 7.42. The van der Waals surface area contributed by atoms with Gasteiger partial charge in [0, 0.05) is 5.02 Å². The molecular weight excluding hydrogens is 489 g/mol. The molecule has 0 saturated heterocycles. The number of nitrogens with one attached hydrogen (secondary N) is 1. The van der Waals surface area contributed by atoms with Crippen LogP contribution in [0, 0.1) is 6.92 Å². The van der Waals surface area contributed by atoms with Crippen LogP contribution in [0.2, 0.25) is 5.02 Å². The lowest BCUT2D eigenvalue weighted by Crippen LogP contribution is -2.36. The summed E-state index contributed by atoms with van der Waals surface area (Å²) in [6, 6.07) is 12.6. The molecule has 1 atom stereocenters. The summed E-state index contributed by atoms with van der Waals surface area (Å²) in [5.41, 5.74) is 1.68. The van der Waals surface area contributed by atoms with Gasteiger partial charge in [-0.15, -0.1) is 0 Å². The van der Waals surface area contributed by atoms with Crippen molar-refractivity contribution in [1.82, 2.24) is 4.72 Å². The van der Waals surface area contributed by atoms with Gasteiger partial charge >= 0.3 is 0 Å². The highest BCUT2D eigenvalue weighted by Gasteiger charge is 2.37. The highest BCUT2D eigenvalue weighted by Crippen LogP contribution is 2.44. The normalized spacial score (nSPS) is 13.8. The van der Waals surface area contributed by atoms with E-state index in [0.717, 1.165) is 11.1 Å². The van der Waals surface area contributed by atoms with Crippen LogP contribution in [0.5, 0.6) is 0 Å². The largest absolute Gasteiger partial charge is 0.241 e. The fourth-order valence-corrected chi connectivity index (χ4v) is 4.69. The van der Waals surface area contributed by atoms with Crippen LogP contribution in [0.3, 0.4) is 0 Å². The van der Waals surface area contributed by atoms with Crippen LogP contribution >= 0.6 is 55.1 Å². The number of hydrogen-bond acceptors (Lipinski definition) is 2. The summed E-state index contributed by atoms with van der Waals surface area (Å²) >= 11 is 18.7. The van der Waals surface area contributed by atoms with Crippen LogP contribution in [-0.2, 0) is 10.0 Å². The molecule has 0 aliphatic heterocycles. The van der Waals surface area contributed by atoms with E-state index in [9.17, 15) is 8.42 Å². The number of hydrogen-bond donors (Lipinski definition) is 1. The van der Waals surface area contributed by atoms with Crippen LogP contribution in [0.25, 0.3) is 0 Å². The molecule has 0 aliphatic rings. The number of rotatable bonds is 5. The smallest absolute Gasteiger partial charge is 0.207 e. The molecule has 8 heteroatoms. The summed E-state index contributed by atoms with van der Waals surface area (Å²) in [7, 11) is -3.78. The Bertz CT molecular complexity index is 790. The number of aryl methyl sites for hydroxylation is 1. The minimum atomic E-state index is -3.78. The van der Waals surface area contributed by atoms with E-state index < -0.39 is 18.8 Å². The van der Waals surface area contributed by atoms with Gasteiger partial charge in [-0.3, -0.25) is 0 Å². The van der Waals surface area contributed by atoms with E-state index in [0.29, 0.717) is 5.02 Å². The molecule has 23 heavy (non-hydrogen) atoms. The van der Waals surface area contributed by atoms with Crippen molar-refractivity contribution in [2.75, 3.05) is 0 Å². The zero-order valence-electron chi connectivity index (χ0n) is 11.9. The first-order chi connectivity index (χ1) is 10.6. The second-order valence-electron chi connectivity index (χ2n) is 4.91. The van der Waals surface area contributed by atoms with Crippen LogP contribution < -0.4 is 4.72 Å². The van der Waals surface area contributed by atoms with Crippen LogP contribution in [-0.4, -0.2) is 11.1 Å². The molecule has 3 nitrogen and oxygen atoms in total. The fourth-order valence-electron chi connectivity index (χ4n) is 2.05. The Labute approximate surface area is 162 Å². The van der Waals surface area contributed by atoms with Gasteiger partial charge in [0.25, 0.3) is 0 Å². The first kappa shape index (κ1) is 19.2. The van der Waals surface area contributed by atoms with Gasteiger partial charge in [0.1, 0.15) is 0 Å². The predicted octanol–water partition coefficient (Wildman–Crippen LogP) is 5.35. The summed E-state index contributed by atoms with van der Waals surface area (Å²) < 4.78 is 26.7. The molecule has 0 amide bonds. The molecule has 1 N–H and O–H groups in total. The van der Waals surface area contributed by atoms with E-state index in [-0.39, 0.29) is 4.90 Å². The molecule has 1 unspecified atom stereocenters. The van der Waals surface area contributed by atoms with Crippen molar-refractivity contribution in [2.45, 2.75) is 20.6 Å². The molecule has 2 aromatic rings. The SMILES string of the molecule is Cc1ccccc1C(NS(=O)(=O)c1ccc(Cl)cc1)C(Cl)(Br)Br. The third kappa shape index (κ3) is 4.94. The molecule has 0 saturated carbocycles. The first-order valence-corrected chi connectivity index (χ1v) is 10.3. The second-order valence-corrected chi connectivity index (χ2v) is 12.1. The lowest BCUT2D eigenvalue weighted by Gasteiger charge is -2.27. The maximum atomic E-state index is 12.6. The monoisotopic (exact) mass is 499 g/mol. The fraction of sp³-hybridized carbons (Fsp3) is 0.200. The minimum Gasteiger partial charge on any atom is -0.207 e. The number of sulfonamides is 1. The number of benzene rings is 2. The molecule has 0 radical (unpaired) electrons. The first-order valence-electron chi connectivity index (χ1n) is 6.51. The van der Waals surface area contributed by atoms with E-state index in [4.69, 9.17) is 23.2 Å². The maximum absolute atomic E-state index is 12.6. The summed E-state index contributed by atoms with van der Waals surface area (Å²) in [6.07, 6.45) is 0. The van der Waals surface area contributed by atoms with E-state index in [1.54, 1.807) is 0 Å². The van der Waals surface area contributed by atoms with E-state index in [1.165, 1.54) is 24.3 Å². The Balaban J connectivity index is 2.43. The Morgan fingerprint density at radius 3 is 2.17 bits per heavy atom. The lowest BCUT2D eigenvalue weighted by atomic mass is 10.0. The minimum absolute atomic E-state index is 0.112. The molecule has 0 bridgehead atoms. The molecule has 0 heterocycles. The van der Waals surface area contributed by atoms with Gasteiger partial charge in [0.2, 0.25) is 10.0 Å². The Kier molecular flexibility index (Phi) is 6.20. The van der Waals surface area contributed by atoms with Gasteiger partial charge in [-0.25, -0.2) is 13.1 Å². The molecule has 0 spiro atoms. The van der Waals surface area contributed by atoms with Crippen molar-refractivity contribution in [3.8, 4) is 0 Å². The average Bonchev–Trinajstić information content (AvgIpc) is 2.45. The van der Waals surface area contributed by atoms with Gasteiger partial charge in [0.05, 0.1) is 10.9 Å². The van der Waals surface area contributed by atoms with Crippen molar-refractivity contribution >= 4 is 65.1 Å². The summed E-state index contributed by atoms with van der Waals surface area (Å²) in [4.78, 5) is 0.112. The van der Waals surface area contributed by atoms with Gasteiger partial charge in [-0.2, -0.15) is 0 Å². The third-order valence-corrected chi connectivity index (χ3v) is 6.05. The van der Waals surface area contributed by atoms with Gasteiger partial charge in [-0.1, -0.05) is 79.3 Å². The zero-order valence-corrected chi connectivity index (χ0v) is 17.4. The summed E-state index contributed by atoms with van der Waals surface area (Å²) in [5, 5.41) is 0.465. The van der Waals surface area contributed by atoms with Crippen molar-refractivity contribution in [1.29, 1.82) is 0 Å². The number of alkyl halides is 3. The van der Waals surface area contributed by atoms with Crippen LogP contribution in [0.4, 0.5) is 0 Å². The van der Waals surface area contributed by atoms with Gasteiger partial charge < -0.3 is 0 Å². The quantitative estimate of drug-likeness (QED) is 0.561. The van der Waals surface area contributed by atoms with Crippen molar-refractivity contribution in [3.05, 3.63) is 64.7 Å². The van der Waals surface area contributed by atoms with Crippen LogP contribution in [0.15, 0.2) is 53.4 Å². The van der Waals surface area contributed by atoms with E-state index in [1.807, 2.05) is 31.2 Å². The third-order valence-electron chi connectivity index (χ3n) is 3.22. The van der Waals surface area contributed by atoms with Crippen LogP contribution in [0.1, 0.15) is 17.2 Å². The molecule has 2 aromatic carbocycles. The van der Waals surface area contributed by atoms with Gasteiger partial charge in [0.15, 0.2) is 2.69 Å². The number of halogens is 4. The molecule has 0 aliphatic carbocycles. The lowest BCUT2D eigenvalue weighted by molar-refractivity contribution is 0.562. The summed E-state index contributed by atoms with van der Waals surface area (Å²) in [5.74, 6) is 0. The average molecular weight is 502 g/mol. The van der Waals surface area contributed by atoms with Crippen molar-refractivity contribution < 1.29 is 8.42 Å². The molecule has 124 valence electrons. The van der Waals surface area contributed by atoms with E-state index in [2.05, 4.69) is 36.6 Å². The Hall–Kier alpha value is -0.110. The summed E-state index contributed by atoms with van der Waals surface area (Å²) in [6.45, 7) is 1.89. The predicted molar refractivity (Wildman–Crippen MR) is 102 cm³/mol. The topological polar surface area (TPSA) is 46.2 Å². The van der Waals surface area contributed by atoms with E-state index >= 15 is 0 Å². The standard InChI is InChI=1S/C15H13Br2Cl2NO2S/c1-10-4-2-3-5-13(10)14(15(16,17)19)20-23(21,22)12-8-6-11(18)7-9-12/h2-9,14,20H,1H3. The molecule has 0 aromatic heterocycles. The van der Waals surface area contributed by atoms with Crippen molar-refractivity contribution in [2.24, 2.45) is 0 Å². The highest BCUT2D eigenvalue weighted by atomic mass is 79.9. The van der Waals surface area contributed by atoms with Gasteiger partial charge in [-0.05, 0) is 42.3 Å². The molecule has 0 fully saturated rings.